The van der Waals surface area contributed by atoms with Crippen molar-refractivity contribution >= 4 is 11.6 Å². The molecule has 0 aliphatic heterocycles. The summed E-state index contributed by atoms with van der Waals surface area (Å²) in [5.41, 5.74) is 2.39. The Morgan fingerprint density at radius 3 is 2.50 bits per heavy atom. The number of aryl methyl sites for hydroxylation is 2. The van der Waals surface area contributed by atoms with E-state index in [1.807, 2.05) is 31.2 Å². The van der Waals surface area contributed by atoms with E-state index in [0.717, 1.165) is 5.56 Å². The van der Waals surface area contributed by atoms with Crippen LogP contribution in [0.1, 0.15) is 11.1 Å². The molecule has 2 rings (SSSR count). The normalized spacial score (nSPS) is 10.2. The highest BCUT2D eigenvalue weighted by Crippen LogP contribution is 2.16. The number of hydrogen-bond acceptors (Lipinski definition) is 2. The number of benzene rings is 2. The van der Waals surface area contributed by atoms with Crippen molar-refractivity contribution in [3.05, 3.63) is 59.4 Å². The Balaban J connectivity index is 1.90. The van der Waals surface area contributed by atoms with Gasteiger partial charge in [0.1, 0.15) is 11.6 Å². The van der Waals surface area contributed by atoms with E-state index < -0.39 is 0 Å². The average Bonchev–Trinajstić information content (AvgIpc) is 2.41. The van der Waals surface area contributed by atoms with Gasteiger partial charge < -0.3 is 10.1 Å². The first kappa shape index (κ1) is 14.1. The van der Waals surface area contributed by atoms with E-state index in [9.17, 15) is 9.18 Å². The van der Waals surface area contributed by atoms with Gasteiger partial charge >= 0.3 is 0 Å². The summed E-state index contributed by atoms with van der Waals surface area (Å²) < 4.78 is 18.3. The van der Waals surface area contributed by atoms with Crippen LogP contribution in [0.15, 0.2) is 42.5 Å². The summed E-state index contributed by atoms with van der Waals surface area (Å²) in [7, 11) is 0. The topological polar surface area (TPSA) is 38.3 Å². The van der Waals surface area contributed by atoms with Crippen molar-refractivity contribution in [1.82, 2.24) is 0 Å². The molecule has 1 N–H and O–H groups in total. The second-order valence-corrected chi connectivity index (χ2v) is 4.61. The zero-order valence-electron chi connectivity index (χ0n) is 11.4. The number of rotatable bonds is 4. The smallest absolute Gasteiger partial charge is 0.262 e. The van der Waals surface area contributed by atoms with Crippen molar-refractivity contribution in [2.24, 2.45) is 0 Å². The molecule has 3 nitrogen and oxygen atoms in total. The van der Waals surface area contributed by atoms with Crippen LogP contribution in [0.2, 0.25) is 0 Å². The third-order valence-corrected chi connectivity index (χ3v) is 2.85. The number of halogens is 1. The maximum atomic E-state index is 12.9. The first-order chi connectivity index (χ1) is 9.54. The van der Waals surface area contributed by atoms with E-state index in [1.54, 1.807) is 6.92 Å². The first-order valence-corrected chi connectivity index (χ1v) is 6.30. The van der Waals surface area contributed by atoms with E-state index in [4.69, 9.17) is 4.74 Å². The van der Waals surface area contributed by atoms with Gasteiger partial charge in [-0.2, -0.15) is 0 Å². The molecular formula is C16H16FNO2. The van der Waals surface area contributed by atoms with Gasteiger partial charge in [0.25, 0.3) is 5.91 Å². The molecule has 0 aromatic heterocycles. The van der Waals surface area contributed by atoms with Crippen LogP contribution >= 0.6 is 0 Å². The van der Waals surface area contributed by atoms with Crippen molar-refractivity contribution in [3.63, 3.8) is 0 Å². The summed E-state index contributed by atoms with van der Waals surface area (Å²) in [6.07, 6.45) is 0. The van der Waals surface area contributed by atoms with Crippen LogP contribution in [-0.2, 0) is 4.79 Å². The summed E-state index contributed by atoms with van der Waals surface area (Å²) in [5.74, 6) is 0.0401. The third kappa shape index (κ3) is 3.82. The lowest BCUT2D eigenvalue weighted by atomic mass is 10.2. The van der Waals surface area contributed by atoms with Crippen LogP contribution in [0.25, 0.3) is 0 Å². The van der Waals surface area contributed by atoms with Crippen LogP contribution in [0, 0.1) is 19.7 Å². The molecule has 1 amide bonds. The van der Waals surface area contributed by atoms with Gasteiger partial charge in [-0.1, -0.05) is 17.7 Å². The van der Waals surface area contributed by atoms with E-state index in [0.29, 0.717) is 17.0 Å². The van der Waals surface area contributed by atoms with Gasteiger partial charge in [0.05, 0.1) is 0 Å². The molecule has 2 aromatic rings. The van der Waals surface area contributed by atoms with E-state index in [1.165, 1.54) is 18.2 Å². The quantitative estimate of drug-likeness (QED) is 0.926. The van der Waals surface area contributed by atoms with Crippen molar-refractivity contribution in [3.8, 4) is 5.75 Å². The molecule has 104 valence electrons. The lowest BCUT2D eigenvalue weighted by Crippen LogP contribution is -2.20. The maximum absolute atomic E-state index is 12.9. The molecule has 0 fully saturated rings. The molecule has 20 heavy (non-hydrogen) atoms. The zero-order valence-corrected chi connectivity index (χ0v) is 11.4. The van der Waals surface area contributed by atoms with Crippen LogP contribution in [0.4, 0.5) is 10.1 Å². The van der Waals surface area contributed by atoms with E-state index in [-0.39, 0.29) is 18.3 Å². The van der Waals surface area contributed by atoms with Crippen LogP contribution in [0.3, 0.4) is 0 Å². The molecule has 4 heteroatoms. The predicted octanol–water partition coefficient (Wildman–Crippen LogP) is 3.46. The second-order valence-electron chi connectivity index (χ2n) is 4.61. The molecular weight excluding hydrogens is 257 g/mol. The average molecular weight is 273 g/mol. The molecule has 0 saturated heterocycles. The minimum absolute atomic E-state index is 0.0835. The molecule has 2 aromatic carbocycles. The van der Waals surface area contributed by atoms with Crippen LogP contribution < -0.4 is 10.1 Å². The Hall–Kier alpha value is -2.36. The fourth-order valence-electron chi connectivity index (χ4n) is 1.74. The number of nitrogens with one attached hydrogen (secondary N) is 1. The lowest BCUT2D eigenvalue weighted by molar-refractivity contribution is -0.118. The summed E-state index contributed by atoms with van der Waals surface area (Å²) in [4.78, 5) is 11.8. The van der Waals surface area contributed by atoms with Gasteiger partial charge in [0.2, 0.25) is 0 Å². The SMILES string of the molecule is Cc1ccc(OCC(=O)Nc2ccc(F)cc2C)cc1. The van der Waals surface area contributed by atoms with E-state index in [2.05, 4.69) is 5.32 Å². The number of hydrogen-bond donors (Lipinski definition) is 1. The third-order valence-electron chi connectivity index (χ3n) is 2.85. The molecule has 0 aliphatic carbocycles. The summed E-state index contributed by atoms with van der Waals surface area (Å²) in [5, 5.41) is 2.69. The van der Waals surface area contributed by atoms with Crippen LogP contribution in [-0.4, -0.2) is 12.5 Å². The Morgan fingerprint density at radius 2 is 1.85 bits per heavy atom. The molecule has 0 spiro atoms. The van der Waals surface area contributed by atoms with Gasteiger partial charge in [-0.3, -0.25) is 4.79 Å². The predicted molar refractivity (Wildman–Crippen MR) is 76.4 cm³/mol. The Labute approximate surface area is 117 Å². The number of amides is 1. The van der Waals surface area contributed by atoms with Gasteiger partial charge in [-0.05, 0) is 49.7 Å². The van der Waals surface area contributed by atoms with Gasteiger partial charge in [0, 0.05) is 5.69 Å². The van der Waals surface area contributed by atoms with Crippen molar-refractivity contribution in [1.29, 1.82) is 0 Å². The lowest BCUT2D eigenvalue weighted by Gasteiger charge is -2.09. The minimum atomic E-state index is -0.323. The van der Waals surface area contributed by atoms with Gasteiger partial charge in [-0.15, -0.1) is 0 Å². The van der Waals surface area contributed by atoms with Gasteiger partial charge in [-0.25, -0.2) is 4.39 Å². The molecule has 0 radical (unpaired) electrons. The highest BCUT2D eigenvalue weighted by molar-refractivity contribution is 5.92. The first-order valence-electron chi connectivity index (χ1n) is 6.30. The number of ether oxygens (including phenoxy) is 1. The summed E-state index contributed by atoms with van der Waals surface area (Å²) in [6.45, 7) is 3.63. The zero-order chi connectivity index (χ0) is 14.5. The fourth-order valence-corrected chi connectivity index (χ4v) is 1.74. The number of anilines is 1. The van der Waals surface area contributed by atoms with Crippen molar-refractivity contribution in [2.45, 2.75) is 13.8 Å². The largest absolute Gasteiger partial charge is 0.484 e. The Kier molecular flexibility index (Phi) is 4.35. The molecule has 0 heterocycles. The van der Waals surface area contributed by atoms with Crippen LogP contribution in [0.5, 0.6) is 5.75 Å². The standard InChI is InChI=1S/C16H16FNO2/c1-11-3-6-14(7-4-11)20-10-16(19)18-15-8-5-13(17)9-12(15)2/h3-9H,10H2,1-2H3,(H,18,19). The fraction of sp³-hybridized carbons (Fsp3) is 0.188. The van der Waals surface area contributed by atoms with Crippen molar-refractivity contribution in [2.75, 3.05) is 11.9 Å². The summed E-state index contributed by atoms with van der Waals surface area (Å²) >= 11 is 0. The molecule has 0 atom stereocenters. The monoisotopic (exact) mass is 273 g/mol. The maximum Gasteiger partial charge on any atom is 0.262 e. The van der Waals surface area contributed by atoms with Gasteiger partial charge in [0.15, 0.2) is 6.61 Å². The number of carbonyl (C=O) groups is 1. The Bertz CT molecular complexity index is 608. The molecule has 0 unspecified atom stereocenters. The highest BCUT2D eigenvalue weighted by atomic mass is 19.1. The van der Waals surface area contributed by atoms with Crippen molar-refractivity contribution < 1.29 is 13.9 Å². The molecule has 0 aliphatic rings. The molecule has 0 saturated carbocycles. The second kappa shape index (κ2) is 6.19. The molecule has 0 bridgehead atoms. The minimum Gasteiger partial charge on any atom is -0.484 e. The number of carbonyl (C=O) groups excluding carboxylic acids is 1. The highest BCUT2D eigenvalue weighted by Gasteiger charge is 2.06. The van der Waals surface area contributed by atoms with E-state index >= 15 is 0 Å². The Morgan fingerprint density at radius 1 is 1.15 bits per heavy atom. The summed E-state index contributed by atoms with van der Waals surface area (Å²) in [6, 6.07) is 11.7.